The molecule has 0 aromatic heterocycles. The molecule has 1 aliphatic carbocycles. The molecular formula is C22H26N2O2. The first kappa shape index (κ1) is 18.2. The van der Waals surface area contributed by atoms with Crippen LogP contribution in [-0.4, -0.2) is 18.9 Å². The summed E-state index contributed by atoms with van der Waals surface area (Å²) in [6.45, 7) is 2.02. The third-order valence-electron chi connectivity index (χ3n) is 5.24. The zero-order valence-corrected chi connectivity index (χ0v) is 15.4. The molecule has 1 fully saturated rings. The number of anilines is 2. The van der Waals surface area contributed by atoms with Crippen LogP contribution >= 0.6 is 0 Å². The monoisotopic (exact) mass is 350 g/mol. The summed E-state index contributed by atoms with van der Waals surface area (Å²) >= 11 is 0. The molecule has 26 heavy (non-hydrogen) atoms. The zero-order chi connectivity index (χ0) is 18.5. The number of hydrogen-bond acceptors (Lipinski definition) is 2. The van der Waals surface area contributed by atoms with Gasteiger partial charge in [0.05, 0.1) is 0 Å². The van der Waals surface area contributed by atoms with Gasteiger partial charge in [-0.3, -0.25) is 9.59 Å². The number of aryl methyl sites for hydroxylation is 1. The van der Waals surface area contributed by atoms with E-state index >= 15 is 0 Å². The van der Waals surface area contributed by atoms with Crippen LogP contribution in [0.4, 0.5) is 11.4 Å². The summed E-state index contributed by atoms with van der Waals surface area (Å²) in [5.41, 5.74) is 2.92. The van der Waals surface area contributed by atoms with Crippen LogP contribution in [0.3, 0.4) is 0 Å². The third kappa shape index (κ3) is 4.31. The molecule has 0 atom stereocenters. The molecule has 4 heteroatoms. The highest BCUT2D eigenvalue weighted by atomic mass is 16.2. The Balaban J connectivity index is 1.52. The molecule has 2 aromatic rings. The standard InChI is InChI=1S/C22H26N2O2/c1-16-8-14-19(15-9-16)23-21(25)17-10-12-18(13-11-17)22(26)24(2)20-6-4-3-5-7-20/h3-9,14-15,17-18H,10-13H2,1-2H3,(H,23,25). The highest BCUT2D eigenvalue weighted by molar-refractivity contribution is 5.95. The van der Waals surface area contributed by atoms with E-state index < -0.39 is 0 Å². The summed E-state index contributed by atoms with van der Waals surface area (Å²) in [6, 6.07) is 17.5. The van der Waals surface area contributed by atoms with Crippen molar-refractivity contribution in [3.8, 4) is 0 Å². The Hall–Kier alpha value is -2.62. The fourth-order valence-electron chi connectivity index (χ4n) is 3.54. The summed E-state index contributed by atoms with van der Waals surface area (Å²) in [7, 11) is 1.83. The van der Waals surface area contributed by atoms with E-state index in [1.54, 1.807) is 4.90 Å². The molecule has 2 aromatic carbocycles. The molecule has 3 rings (SSSR count). The summed E-state index contributed by atoms with van der Waals surface area (Å²) in [4.78, 5) is 26.9. The van der Waals surface area contributed by atoms with Gasteiger partial charge in [-0.05, 0) is 56.9 Å². The maximum absolute atomic E-state index is 12.7. The molecule has 4 nitrogen and oxygen atoms in total. The van der Waals surface area contributed by atoms with Crippen LogP contribution in [0.1, 0.15) is 31.2 Å². The second kappa shape index (κ2) is 8.17. The SMILES string of the molecule is Cc1ccc(NC(=O)C2CCC(C(=O)N(C)c3ccccc3)CC2)cc1. The minimum atomic E-state index is -0.0117. The first-order chi connectivity index (χ1) is 12.5. The van der Waals surface area contributed by atoms with E-state index in [1.807, 2.05) is 68.6 Å². The number of amides is 2. The van der Waals surface area contributed by atoms with Crippen LogP contribution in [0.15, 0.2) is 54.6 Å². The fourth-order valence-corrected chi connectivity index (χ4v) is 3.54. The summed E-state index contributed by atoms with van der Waals surface area (Å²) in [6.07, 6.45) is 3.05. The lowest BCUT2D eigenvalue weighted by Crippen LogP contribution is -2.36. The molecular weight excluding hydrogens is 324 g/mol. The first-order valence-corrected chi connectivity index (χ1v) is 9.25. The Morgan fingerprint density at radius 3 is 2.08 bits per heavy atom. The topological polar surface area (TPSA) is 49.4 Å². The van der Waals surface area contributed by atoms with E-state index in [2.05, 4.69) is 5.32 Å². The molecule has 0 radical (unpaired) electrons. The van der Waals surface area contributed by atoms with Gasteiger partial charge in [0.15, 0.2) is 0 Å². The Morgan fingerprint density at radius 2 is 1.46 bits per heavy atom. The summed E-state index contributed by atoms with van der Waals surface area (Å²) in [5.74, 6) is 0.204. The van der Waals surface area contributed by atoms with Gasteiger partial charge in [0.2, 0.25) is 11.8 Å². The van der Waals surface area contributed by atoms with Crippen molar-refractivity contribution in [1.29, 1.82) is 0 Å². The second-order valence-electron chi connectivity index (χ2n) is 7.14. The smallest absolute Gasteiger partial charge is 0.229 e. The van der Waals surface area contributed by atoms with Crippen molar-refractivity contribution in [3.05, 3.63) is 60.2 Å². The minimum absolute atomic E-state index is 0.00336. The van der Waals surface area contributed by atoms with E-state index in [4.69, 9.17) is 0 Å². The van der Waals surface area contributed by atoms with Gasteiger partial charge in [-0.15, -0.1) is 0 Å². The summed E-state index contributed by atoms with van der Waals surface area (Å²) in [5, 5.41) is 3.00. The Labute approximate surface area is 155 Å². The van der Waals surface area contributed by atoms with Crippen molar-refractivity contribution >= 4 is 23.2 Å². The first-order valence-electron chi connectivity index (χ1n) is 9.25. The average Bonchev–Trinajstić information content (AvgIpc) is 2.69. The fraction of sp³-hybridized carbons (Fsp3) is 0.364. The number of rotatable bonds is 4. The average molecular weight is 350 g/mol. The quantitative estimate of drug-likeness (QED) is 0.888. The van der Waals surface area contributed by atoms with E-state index in [-0.39, 0.29) is 23.7 Å². The van der Waals surface area contributed by atoms with Gasteiger partial charge >= 0.3 is 0 Å². The Kier molecular flexibility index (Phi) is 5.71. The normalized spacial score (nSPS) is 19.6. The Morgan fingerprint density at radius 1 is 0.885 bits per heavy atom. The van der Waals surface area contributed by atoms with Crippen molar-refractivity contribution in [2.45, 2.75) is 32.6 Å². The van der Waals surface area contributed by atoms with Gasteiger partial charge in [0, 0.05) is 30.3 Å². The molecule has 1 aliphatic rings. The maximum atomic E-state index is 12.7. The molecule has 0 unspecified atom stereocenters. The minimum Gasteiger partial charge on any atom is -0.326 e. The van der Waals surface area contributed by atoms with E-state index in [0.29, 0.717) is 0 Å². The van der Waals surface area contributed by atoms with Crippen molar-refractivity contribution in [2.24, 2.45) is 11.8 Å². The molecule has 136 valence electrons. The molecule has 2 amide bonds. The number of nitrogens with zero attached hydrogens (tertiary/aromatic N) is 1. The van der Waals surface area contributed by atoms with Crippen molar-refractivity contribution in [1.82, 2.24) is 0 Å². The van der Waals surface area contributed by atoms with Crippen LogP contribution < -0.4 is 10.2 Å². The predicted octanol–water partition coefficient (Wildman–Crippen LogP) is 4.40. The van der Waals surface area contributed by atoms with Gasteiger partial charge in [-0.25, -0.2) is 0 Å². The number of carbonyl (C=O) groups is 2. The van der Waals surface area contributed by atoms with Gasteiger partial charge in [0.1, 0.15) is 0 Å². The molecule has 1 saturated carbocycles. The van der Waals surface area contributed by atoms with Crippen molar-refractivity contribution in [2.75, 3.05) is 17.3 Å². The van der Waals surface area contributed by atoms with E-state index in [9.17, 15) is 9.59 Å². The third-order valence-corrected chi connectivity index (χ3v) is 5.24. The van der Waals surface area contributed by atoms with Gasteiger partial charge in [-0.2, -0.15) is 0 Å². The maximum Gasteiger partial charge on any atom is 0.229 e. The molecule has 0 spiro atoms. The molecule has 0 aliphatic heterocycles. The van der Waals surface area contributed by atoms with Crippen LogP contribution in [0.25, 0.3) is 0 Å². The molecule has 0 bridgehead atoms. The molecule has 1 N–H and O–H groups in total. The van der Waals surface area contributed by atoms with Crippen molar-refractivity contribution in [3.63, 3.8) is 0 Å². The van der Waals surface area contributed by atoms with Crippen LogP contribution in [0.2, 0.25) is 0 Å². The highest BCUT2D eigenvalue weighted by Crippen LogP contribution is 2.31. The van der Waals surface area contributed by atoms with Gasteiger partial charge < -0.3 is 10.2 Å². The predicted molar refractivity (Wildman–Crippen MR) is 105 cm³/mol. The van der Waals surface area contributed by atoms with E-state index in [0.717, 1.165) is 37.1 Å². The number of hydrogen-bond donors (Lipinski definition) is 1. The van der Waals surface area contributed by atoms with Crippen LogP contribution in [0.5, 0.6) is 0 Å². The number of para-hydroxylation sites is 1. The lowest BCUT2D eigenvalue weighted by molar-refractivity contribution is -0.126. The second-order valence-corrected chi connectivity index (χ2v) is 7.14. The van der Waals surface area contributed by atoms with Gasteiger partial charge in [0.25, 0.3) is 0 Å². The van der Waals surface area contributed by atoms with Gasteiger partial charge in [-0.1, -0.05) is 35.9 Å². The lowest BCUT2D eigenvalue weighted by Gasteiger charge is -2.30. The Bertz CT molecular complexity index is 747. The van der Waals surface area contributed by atoms with Crippen LogP contribution in [0, 0.1) is 18.8 Å². The van der Waals surface area contributed by atoms with E-state index in [1.165, 1.54) is 5.56 Å². The zero-order valence-electron chi connectivity index (χ0n) is 15.4. The van der Waals surface area contributed by atoms with Crippen LogP contribution in [-0.2, 0) is 9.59 Å². The molecule has 0 heterocycles. The number of benzene rings is 2. The molecule has 0 saturated heterocycles. The lowest BCUT2D eigenvalue weighted by atomic mass is 9.81. The van der Waals surface area contributed by atoms with Crippen molar-refractivity contribution < 1.29 is 9.59 Å². The summed E-state index contributed by atoms with van der Waals surface area (Å²) < 4.78 is 0. The number of carbonyl (C=O) groups excluding carboxylic acids is 2. The number of nitrogens with one attached hydrogen (secondary N) is 1. The highest BCUT2D eigenvalue weighted by Gasteiger charge is 2.31. The largest absolute Gasteiger partial charge is 0.326 e.